The minimum Gasteiger partial charge on any atom is -0.480 e. The smallest absolute Gasteiger partial charge is 0.263 e. The fourth-order valence-electron chi connectivity index (χ4n) is 3.11. The molecule has 1 amide bonds. The minimum absolute atomic E-state index is 0.135. The van der Waals surface area contributed by atoms with Gasteiger partial charge in [0.1, 0.15) is 5.75 Å². The first-order valence-corrected chi connectivity index (χ1v) is 8.35. The van der Waals surface area contributed by atoms with Crippen LogP contribution in [-0.2, 0) is 4.79 Å². The highest BCUT2D eigenvalue weighted by molar-refractivity contribution is 5.81. The Morgan fingerprint density at radius 2 is 2.09 bits per heavy atom. The molecule has 1 aromatic rings. The summed E-state index contributed by atoms with van der Waals surface area (Å²) in [4.78, 5) is 14.8. The quantitative estimate of drug-likeness (QED) is 0.837. The summed E-state index contributed by atoms with van der Waals surface area (Å²) < 4.78 is 6.07. The van der Waals surface area contributed by atoms with Gasteiger partial charge < -0.3 is 9.64 Å². The third-order valence-corrected chi connectivity index (χ3v) is 4.47. The van der Waals surface area contributed by atoms with E-state index in [2.05, 4.69) is 19.9 Å². The summed E-state index contributed by atoms with van der Waals surface area (Å²) in [7, 11) is 0. The van der Waals surface area contributed by atoms with E-state index >= 15 is 0 Å². The average Bonchev–Trinajstić information content (AvgIpc) is 2.46. The van der Waals surface area contributed by atoms with Crippen molar-refractivity contribution in [3.63, 3.8) is 0 Å². The molecule has 0 aromatic heterocycles. The van der Waals surface area contributed by atoms with E-state index in [0.717, 1.165) is 36.4 Å². The molecular formula is C19H29NO2. The topological polar surface area (TPSA) is 29.5 Å². The Labute approximate surface area is 134 Å². The Bertz CT molecular complexity index is 536. The number of nitrogens with zero attached hydrogens (tertiary/aromatic N) is 1. The third kappa shape index (κ3) is 4.02. The van der Waals surface area contributed by atoms with Crippen molar-refractivity contribution in [3.8, 4) is 5.75 Å². The number of ether oxygens (including phenoxy) is 1. The van der Waals surface area contributed by atoms with E-state index in [1.54, 1.807) is 0 Å². The molecule has 0 radical (unpaired) electrons. The molecule has 0 spiro atoms. The molecule has 1 aliphatic rings. The van der Waals surface area contributed by atoms with E-state index in [-0.39, 0.29) is 17.4 Å². The van der Waals surface area contributed by atoms with Crippen LogP contribution in [0.1, 0.15) is 51.2 Å². The molecule has 0 bridgehead atoms. The van der Waals surface area contributed by atoms with Crippen molar-refractivity contribution in [1.29, 1.82) is 0 Å². The van der Waals surface area contributed by atoms with Crippen molar-refractivity contribution in [2.45, 2.75) is 60.0 Å². The maximum absolute atomic E-state index is 12.8. The van der Waals surface area contributed by atoms with Gasteiger partial charge in [0.15, 0.2) is 6.10 Å². The summed E-state index contributed by atoms with van der Waals surface area (Å²) in [6, 6.07) is 6.13. The lowest BCUT2D eigenvalue weighted by molar-refractivity contribution is -0.142. The second-order valence-corrected chi connectivity index (χ2v) is 7.31. The van der Waals surface area contributed by atoms with E-state index in [4.69, 9.17) is 4.74 Å². The molecule has 1 unspecified atom stereocenters. The van der Waals surface area contributed by atoms with Gasteiger partial charge in [-0.1, -0.05) is 32.9 Å². The fourth-order valence-corrected chi connectivity index (χ4v) is 3.11. The first-order chi connectivity index (χ1) is 10.3. The Balaban J connectivity index is 2.10. The average molecular weight is 303 g/mol. The number of likely N-dealkylation sites (tertiary alicyclic amines) is 1. The summed E-state index contributed by atoms with van der Waals surface area (Å²) in [6.07, 6.45) is 2.59. The largest absolute Gasteiger partial charge is 0.480 e. The van der Waals surface area contributed by atoms with Crippen LogP contribution in [0.4, 0.5) is 0 Å². The molecule has 0 aliphatic carbocycles. The number of benzene rings is 1. The predicted octanol–water partition coefficient (Wildman–Crippen LogP) is 4.11. The van der Waals surface area contributed by atoms with Crippen molar-refractivity contribution in [2.24, 2.45) is 5.41 Å². The number of hydrogen-bond donors (Lipinski definition) is 0. The first-order valence-electron chi connectivity index (χ1n) is 8.35. The Morgan fingerprint density at radius 3 is 2.73 bits per heavy atom. The highest BCUT2D eigenvalue weighted by atomic mass is 16.5. The third-order valence-electron chi connectivity index (χ3n) is 4.47. The van der Waals surface area contributed by atoms with Gasteiger partial charge in [-0.3, -0.25) is 4.79 Å². The summed E-state index contributed by atoms with van der Waals surface area (Å²) in [5, 5.41) is 0. The monoisotopic (exact) mass is 303 g/mol. The van der Waals surface area contributed by atoms with E-state index in [0.29, 0.717) is 6.42 Å². The van der Waals surface area contributed by atoms with E-state index < -0.39 is 0 Å². The second-order valence-electron chi connectivity index (χ2n) is 7.31. The molecule has 0 saturated carbocycles. The van der Waals surface area contributed by atoms with Crippen LogP contribution in [0.2, 0.25) is 0 Å². The van der Waals surface area contributed by atoms with Crippen LogP contribution in [0.25, 0.3) is 0 Å². The number of carbonyl (C=O) groups is 1. The molecule has 1 aromatic carbocycles. The molecule has 1 fully saturated rings. The predicted molar refractivity (Wildman–Crippen MR) is 90.2 cm³/mol. The number of amides is 1. The van der Waals surface area contributed by atoms with Crippen LogP contribution < -0.4 is 4.74 Å². The van der Waals surface area contributed by atoms with Gasteiger partial charge in [0.25, 0.3) is 5.91 Å². The van der Waals surface area contributed by atoms with E-state index in [1.807, 2.05) is 37.8 Å². The van der Waals surface area contributed by atoms with Crippen molar-refractivity contribution in [2.75, 3.05) is 13.1 Å². The molecule has 1 atom stereocenters. The maximum atomic E-state index is 12.8. The van der Waals surface area contributed by atoms with Crippen LogP contribution in [-0.4, -0.2) is 30.0 Å². The fraction of sp³-hybridized carbons (Fsp3) is 0.632. The highest BCUT2D eigenvalue weighted by Gasteiger charge is 2.32. The highest BCUT2D eigenvalue weighted by Crippen LogP contribution is 2.29. The SMILES string of the molecule is CCC(Oc1cc(C)ccc1C)C(=O)N1CCCC(C)(C)C1. The van der Waals surface area contributed by atoms with Crippen LogP contribution in [0.15, 0.2) is 18.2 Å². The Morgan fingerprint density at radius 1 is 1.36 bits per heavy atom. The Kier molecular flexibility index (Phi) is 5.15. The van der Waals surface area contributed by atoms with Gasteiger partial charge in [0.05, 0.1) is 0 Å². The normalized spacial score (nSPS) is 18.9. The molecule has 1 heterocycles. The van der Waals surface area contributed by atoms with E-state index in [9.17, 15) is 4.79 Å². The zero-order valence-corrected chi connectivity index (χ0v) is 14.6. The lowest BCUT2D eigenvalue weighted by atomic mass is 9.84. The number of aryl methyl sites for hydroxylation is 2. The van der Waals surface area contributed by atoms with Crippen LogP contribution in [0, 0.1) is 19.3 Å². The Hall–Kier alpha value is -1.51. The zero-order chi connectivity index (χ0) is 16.3. The van der Waals surface area contributed by atoms with Gasteiger partial charge in [0, 0.05) is 13.1 Å². The molecule has 22 heavy (non-hydrogen) atoms. The van der Waals surface area contributed by atoms with Gasteiger partial charge in [-0.05, 0) is 55.7 Å². The van der Waals surface area contributed by atoms with Crippen molar-refractivity contribution >= 4 is 5.91 Å². The summed E-state index contributed by atoms with van der Waals surface area (Å²) >= 11 is 0. The molecular weight excluding hydrogens is 274 g/mol. The van der Waals surface area contributed by atoms with Gasteiger partial charge in [-0.25, -0.2) is 0 Å². The molecule has 1 aliphatic heterocycles. The lowest BCUT2D eigenvalue weighted by Gasteiger charge is -2.39. The molecule has 1 saturated heterocycles. The summed E-state index contributed by atoms with van der Waals surface area (Å²) in [6.45, 7) is 12.2. The molecule has 2 rings (SSSR count). The number of piperidine rings is 1. The van der Waals surface area contributed by atoms with E-state index in [1.165, 1.54) is 6.42 Å². The molecule has 3 heteroatoms. The summed E-state index contributed by atoms with van der Waals surface area (Å²) in [5.74, 6) is 0.965. The number of rotatable bonds is 4. The first kappa shape index (κ1) is 16.9. The second kappa shape index (κ2) is 6.72. The minimum atomic E-state index is -0.380. The van der Waals surface area contributed by atoms with Gasteiger partial charge in [0.2, 0.25) is 0 Å². The molecule has 122 valence electrons. The molecule has 3 nitrogen and oxygen atoms in total. The standard InChI is InChI=1S/C19H29NO2/c1-6-16(22-17-12-14(2)8-9-15(17)3)18(21)20-11-7-10-19(4,5)13-20/h8-9,12,16H,6-7,10-11,13H2,1-5H3. The van der Waals surface area contributed by atoms with Crippen LogP contribution in [0.5, 0.6) is 5.75 Å². The number of hydrogen-bond acceptors (Lipinski definition) is 2. The lowest BCUT2D eigenvalue weighted by Crippen LogP contribution is -2.49. The van der Waals surface area contributed by atoms with Gasteiger partial charge in [-0.2, -0.15) is 0 Å². The van der Waals surface area contributed by atoms with Crippen molar-refractivity contribution in [3.05, 3.63) is 29.3 Å². The van der Waals surface area contributed by atoms with Crippen LogP contribution >= 0.6 is 0 Å². The van der Waals surface area contributed by atoms with Crippen LogP contribution in [0.3, 0.4) is 0 Å². The maximum Gasteiger partial charge on any atom is 0.263 e. The molecule has 0 N–H and O–H groups in total. The zero-order valence-electron chi connectivity index (χ0n) is 14.6. The number of carbonyl (C=O) groups excluding carboxylic acids is 1. The van der Waals surface area contributed by atoms with Gasteiger partial charge in [-0.15, -0.1) is 0 Å². The summed E-state index contributed by atoms with van der Waals surface area (Å²) in [5.41, 5.74) is 2.45. The van der Waals surface area contributed by atoms with Crippen molar-refractivity contribution in [1.82, 2.24) is 4.90 Å². The van der Waals surface area contributed by atoms with Gasteiger partial charge >= 0.3 is 0 Å². The van der Waals surface area contributed by atoms with Crippen molar-refractivity contribution < 1.29 is 9.53 Å².